The average Bonchev–Trinajstić information content (AvgIpc) is 3.08. The first-order chi connectivity index (χ1) is 12.7. The van der Waals surface area contributed by atoms with Gasteiger partial charge >= 0.3 is 0 Å². The largest absolute Gasteiger partial charge is 0.370 e. The third-order valence-corrected chi connectivity index (χ3v) is 6.17. The fourth-order valence-corrected chi connectivity index (χ4v) is 4.64. The van der Waals surface area contributed by atoms with E-state index in [0.717, 1.165) is 41.5 Å². The van der Waals surface area contributed by atoms with Gasteiger partial charge in [0.15, 0.2) is 5.16 Å². The number of rotatable bonds is 5. The van der Waals surface area contributed by atoms with E-state index in [0.29, 0.717) is 6.04 Å². The Balaban J connectivity index is 1.58. The Labute approximate surface area is 159 Å². The molecule has 2 aromatic carbocycles. The van der Waals surface area contributed by atoms with Crippen molar-refractivity contribution >= 4 is 28.5 Å². The molecule has 0 radical (unpaired) electrons. The zero-order valence-electron chi connectivity index (χ0n) is 15.7. The molecule has 3 aromatic rings. The molecular weight excluding hydrogens is 340 g/mol. The maximum absolute atomic E-state index is 4.70. The first-order valence-electron chi connectivity index (χ1n) is 9.25. The van der Waals surface area contributed by atoms with Gasteiger partial charge in [-0.1, -0.05) is 42.1 Å². The molecule has 0 saturated carbocycles. The summed E-state index contributed by atoms with van der Waals surface area (Å²) >= 11 is 1.79. The third-order valence-electron chi connectivity index (χ3n) is 5.25. The van der Waals surface area contributed by atoms with E-state index in [1.54, 1.807) is 11.8 Å². The molecular formula is C21H26N4S. The first-order valence-corrected chi connectivity index (χ1v) is 10.2. The van der Waals surface area contributed by atoms with E-state index in [1.807, 2.05) is 12.1 Å². The molecule has 0 fully saturated rings. The van der Waals surface area contributed by atoms with Gasteiger partial charge < -0.3 is 14.8 Å². The third kappa shape index (κ3) is 3.33. The minimum Gasteiger partial charge on any atom is -0.370 e. The second-order valence-electron chi connectivity index (χ2n) is 7.13. The van der Waals surface area contributed by atoms with Crippen LogP contribution in [0.25, 0.3) is 11.0 Å². The lowest BCUT2D eigenvalue weighted by Crippen LogP contribution is -2.46. The summed E-state index contributed by atoms with van der Waals surface area (Å²) in [6.45, 7) is 4.40. The van der Waals surface area contributed by atoms with Gasteiger partial charge in [0, 0.05) is 30.6 Å². The van der Waals surface area contributed by atoms with Crippen molar-refractivity contribution in [2.45, 2.75) is 30.3 Å². The summed E-state index contributed by atoms with van der Waals surface area (Å²) in [5, 5.41) is 0.994. The van der Waals surface area contributed by atoms with Crippen LogP contribution in [0.1, 0.15) is 18.1 Å². The highest BCUT2D eigenvalue weighted by Crippen LogP contribution is 2.35. The lowest BCUT2D eigenvalue weighted by Gasteiger charge is -2.39. The van der Waals surface area contributed by atoms with Crippen LogP contribution in [-0.2, 0) is 12.2 Å². The number of nitrogens with one attached hydrogen (secondary N) is 1. The van der Waals surface area contributed by atoms with Crippen LogP contribution in [0.2, 0.25) is 0 Å². The molecule has 2 heterocycles. The quantitative estimate of drug-likeness (QED) is 0.688. The fourth-order valence-electron chi connectivity index (χ4n) is 3.77. The van der Waals surface area contributed by atoms with Crippen molar-refractivity contribution in [3.05, 3.63) is 53.6 Å². The summed E-state index contributed by atoms with van der Waals surface area (Å²) in [5.41, 5.74) is 6.46. The van der Waals surface area contributed by atoms with Crippen molar-refractivity contribution in [2.75, 3.05) is 32.1 Å². The van der Waals surface area contributed by atoms with Crippen LogP contribution in [0.4, 0.5) is 5.69 Å². The molecule has 1 aromatic heterocycles. The number of H-pyrrole nitrogens is 1. The van der Waals surface area contributed by atoms with Crippen LogP contribution in [0.5, 0.6) is 0 Å². The molecule has 4 rings (SSSR count). The fraction of sp³-hybridized carbons (Fsp3) is 0.381. The lowest BCUT2D eigenvalue weighted by molar-refractivity contribution is 0.286. The Hall–Kier alpha value is -1.98. The van der Waals surface area contributed by atoms with Crippen LogP contribution in [-0.4, -0.2) is 48.1 Å². The van der Waals surface area contributed by atoms with Gasteiger partial charge in [0.2, 0.25) is 0 Å². The molecule has 0 saturated heterocycles. The van der Waals surface area contributed by atoms with E-state index >= 15 is 0 Å². The van der Waals surface area contributed by atoms with Gasteiger partial charge in [0.05, 0.1) is 11.0 Å². The Kier molecular flexibility index (Phi) is 4.92. The van der Waals surface area contributed by atoms with Crippen molar-refractivity contribution in [2.24, 2.45) is 0 Å². The highest BCUT2D eigenvalue weighted by atomic mass is 32.2. The summed E-state index contributed by atoms with van der Waals surface area (Å²) < 4.78 is 0. The number of benzene rings is 2. The summed E-state index contributed by atoms with van der Waals surface area (Å²) in [6, 6.07) is 15.6. The van der Waals surface area contributed by atoms with Crippen molar-refractivity contribution in [3.63, 3.8) is 0 Å². The highest BCUT2D eigenvalue weighted by Gasteiger charge is 2.26. The standard InChI is InChI=1S/C21H26N4S/c1-4-25-13-17(24(2)3)12-15-8-7-9-16(20(15)25)14-26-21-22-18-10-5-6-11-19(18)23-21/h5-11,17H,4,12-14H2,1-3H3,(H,22,23). The van der Waals surface area contributed by atoms with E-state index in [1.165, 1.54) is 16.8 Å². The van der Waals surface area contributed by atoms with E-state index in [2.05, 4.69) is 66.1 Å². The van der Waals surface area contributed by atoms with Crippen LogP contribution >= 0.6 is 11.8 Å². The predicted octanol–water partition coefficient (Wildman–Crippen LogP) is 4.17. The number of imidazole rings is 1. The van der Waals surface area contributed by atoms with Crippen molar-refractivity contribution in [3.8, 4) is 0 Å². The van der Waals surface area contributed by atoms with Gasteiger partial charge in [-0.2, -0.15) is 0 Å². The smallest absolute Gasteiger partial charge is 0.166 e. The molecule has 0 amide bonds. The number of aromatic amines is 1. The van der Waals surface area contributed by atoms with Gasteiger partial charge in [-0.15, -0.1) is 0 Å². The van der Waals surface area contributed by atoms with Crippen LogP contribution in [0.3, 0.4) is 0 Å². The Morgan fingerprint density at radius 2 is 2.04 bits per heavy atom. The topological polar surface area (TPSA) is 35.2 Å². The van der Waals surface area contributed by atoms with Crippen molar-refractivity contribution in [1.82, 2.24) is 14.9 Å². The predicted molar refractivity (Wildman–Crippen MR) is 111 cm³/mol. The molecule has 136 valence electrons. The normalized spacial score (nSPS) is 17.1. The molecule has 0 spiro atoms. The van der Waals surface area contributed by atoms with Crippen molar-refractivity contribution < 1.29 is 0 Å². The minimum atomic E-state index is 0.584. The number of hydrogen-bond donors (Lipinski definition) is 1. The van der Waals surface area contributed by atoms with Gasteiger partial charge in [0.25, 0.3) is 0 Å². The molecule has 1 N–H and O–H groups in total. The van der Waals surface area contributed by atoms with E-state index in [9.17, 15) is 0 Å². The molecule has 1 atom stereocenters. The SMILES string of the molecule is CCN1CC(N(C)C)Cc2cccc(CSc3nc4ccccc4[nH]3)c21. The van der Waals surface area contributed by atoms with Crippen LogP contribution in [0.15, 0.2) is 47.6 Å². The number of fused-ring (bicyclic) bond motifs is 2. The Morgan fingerprint density at radius 1 is 1.19 bits per heavy atom. The van der Waals surface area contributed by atoms with Crippen LogP contribution < -0.4 is 4.90 Å². The maximum atomic E-state index is 4.70. The number of hydrogen-bond acceptors (Lipinski definition) is 4. The Bertz CT molecular complexity index is 869. The number of nitrogens with zero attached hydrogens (tertiary/aromatic N) is 3. The van der Waals surface area contributed by atoms with E-state index < -0.39 is 0 Å². The number of likely N-dealkylation sites (N-methyl/N-ethyl adjacent to an activating group) is 2. The van der Waals surface area contributed by atoms with E-state index in [-0.39, 0.29) is 0 Å². The van der Waals surface area contributed by atoms with Gasteiger partial charge in [-0.25, -0.2) is 4.98 Å². The number of anilines is 1. The molecule has 4 nitrogen and oxygen atoms in total. The van der Waals surface area contributed by atoms with Crippen molar-refractivity contribution in [1.29, 1.82) is 0 Å². The van der Waals surface area contributed by atoms with Gasteiger partial charge in [0.1, 0.15) is 0 Å². The molecule has 0 bridgehead atoms. The summed E-state index contributed by atoms with van der Waals surface area (Å²) in [6.07, 6.45) is 1.13. The number of para-hydroxylation sites is 3. The maximum Gasteiger partial charge on any atom is 0.166 e. The first kappa shape index (κ1) is 17.4. The van der Waals surface area contributed by atoms with Crippen LogP contribution in [0, 0.1) is 0 Å². The molecule has 5 heteroatoms. The highest BCUT2D eigenvalue weighted by molar-refractivity contribution is 7.98. The molecule has 1 aliphatic rings. The summed E-state index contributed by atoms with van der Waals surface area (Å²) in [5.74, 6) is 0.937. The monoisotopic (exact) mass is 366 g/mol. The van der Waals surface area contributed by atoms with E-state index in [4.69, 9.17) is 4.98 Å². The lowest BCUT2D eigenvalue weighted by atomic mass is 9.94. The molecule has 26 heavy (non-hydrogen) atoms. The minimum absolute atomic E-state index is 0.584. The number of thioether (sulfide) groups is 1. The molecule has 1 aliphatic heterocycles. The zero-order valence-corrected chi connectivity index (χ0v) is 16.5. The summed E-state index contributed by atoms with van der Waals surface area (Å²) in [7, 11) is 4.37. The molecule has 1 unspecified atom stereocenters. The second kappa shape index (κ2) is 7.33. The summed E-state index contributed by atoms with van der Waals surface area (Å²) in [4.78, 5) is 13.0. The second-order valence-corrected chi connectivity index (χ2v) is 8.10. The zero-order chi connectivity index (χ0) is 18.1. The number of aromatic nitrogens is 2. The van der Waals surface area contributed by atoms with Gasteiger partial charge in [-0.3, -0.25) is 0 Å². The Morgan fingerprint density at radius 3 is 2.81 bits per heavy atom. The van der Waals surface area contributed by atoms with Gasteiger partial charge in [-0.05, 0) is 50.7 Å². The molecule has 0 aliphatic carbocycles. The average molecular weight is 367 g/mol.